The predicted octanol–water partition coefficient (Wildman–Crippen LogP) is 3.05. The lowest BCUT2D eigenvalue weighted by molar-refractivity contribution is -0.128. The smallest absolute Gasteiger partial charge is 0.408 e. The van der Waals surface area contributed by atoms with Gasteiger partial charge in [-0.15, -0.1) is 0 Å². The molecule has 1 atom stereocenters. The quantitative estimate of drug-likeness (QED) is 0.745. The number of carbonyl (C=O) groups is 3. The number of alkyl carbamates (subject to hydrolysis) is 1. The number of Topliss-reactive ketones (excluding diaryl/α,β-unsaturated/α-hetero) is 1. The maximum Gasteiger partial charge on any atom is 0.408 e. The van der Waals surface area contributed by atoms with Crippen LogP contribution in [0.4, 0.5) is 4.79 Å². The Morgan fingerprint density at radius 2 is 1.54 bits per heavy atom. The molecule has 24 heavy (non-hydrogen) atoms. The molecule has 0 saturated heterocycles. The van der Waals surface area contributed by atoms with Gasteiger partial charge >= 0.3 is 6.09 Å². The van der Waals surface area contributed by atoms with Gasteiger partial charge in [-0.05, 0) is 38.5 Å². The number of hydrogen-bond donors (Lipinski definition) is 2. The summed E-state index contributed by atoms with van der Waals surface area (Å²) < 4.78 is 5.07. The third kappa shape index (κ3) is 11.0. The summed E-state index contributed by atoms with van der Waals surface area (Å²) in [6, 6.07) is -0.541. The Kier molecular flexibility index (Phi) is 8.44. The van der Waals surface area contributed by atoms with Crippen LogP contribution in [-0.2, 0) is 14.3 Å². The van der Waals surface area contributed by atoms with Crippen molar-refractivity contribution >= 4 is 17.8 Å². The lowest BCUT2D eigenvalue weighted by Crippen LogP contribution is -2.48. The molecule has 6 heteroatoms. The van der Waals surface area contributed by atoms with Crippen molar-refractivity contribution in [1.82, 2.24) is 10.6 Å². The first-order valence-corrected chi connectivity index (χ1v) is 8.50. The number of amides is 2. The van der Waals surface area contributed by atoms with Crippen molar-refractivity contribution in [2.45, 2.75) is 79.9 Å². The van der Waals surface area contributed by atoms with Crippen LogP contribution in [0.1, 0.15) is 68.2 Å². The maximum absolute atomic E-state index is 12.4. The standard InChI is InChI=1S/C18H34N2O4/c1-12(2)15(13(21)9-10-17(3,4)5)20-14(22)11-19-16(23)24-18(6,7)8/h12,15H,9-11H2,1-8H3,(H,19,23)(H,20,22). The minimum Gasteiger partial charge on any atom is -0.444 e. The highest BCUT2D eigenvalue weighted by atomic mass is 16.6. The van der Waals surface area contributed by atoms with Crippen LogP contribution in [0.15, 0.2) is 0 Å². The fraction of sp³-hybridized carbons (Fsp3) is 0.833. The van der Waals surface area contributed by atoms with Crippen LogP contribution in [-0.4, -0.2) is 36.0 Å². The van der Waals surface area contributed by atoms with Gasteiger partial charge in [-0.1, -0.05) is 34.6 Å². The van der Waals surface area contributed by atoms with Crippen LogP contribution >= 0.6 is 0 Å². The fourth-order valence-corrected chi connectivity index (χ4v) is 1.96. The molecular formula is C18H34N2O4. The second kappa shape index (κ2) is 9.04. The monoisotopic (exact) mass is 342 g/mol. The van der Waals surface area contributed by atoms with E-state index in [0.717, 1.165) is 6.42 Å². The van der Waals surface area contributed by atoms with Crippen LogP contribution in [0.2, 0.25) is 0 Å². The molecule has 0 aliphatic heterocycles. The highest BCUT2D eigenvalue weighted by molar-refractivity contribution is 5.90. The first-order valence-electron chi connectivity index (χ1n) is 8.50. The topological polar surface area (TPSA) is 84.5 Å². The van der Waals surface area contributed by atoms with Crippen molar-refractivity contribution in [3.63, 3.8) is 0 Å². The zero-order valence-corrected chi connectivity index (χ0v) is 16.4. The van der Waals surface area contributed by atoms with E-state index in [1.165, 1.54) is 0 Å². The minimum absolute atomic E-state index is 0.0112. The number of nitrogens with one attached hydrogen (secondary N) is 2. The fourth-order valence-electron chi connectivity index (χ4n) is 1.96. The zero-order valence-electron chi connectivity index (χ0n) is 16.4. The molecule has 0 rings (SSSR count). The molecule has 0 aromatic carbocycles. The molecule has 0 bridgehead atoms. The van der Waals surface area contributed by atoms with Crippen molar-refractivity contribution in [3.8, 4) is 0 Å². The summed E-state index contributed by atoms with van der Waals surface area (Å²) in [5.74, 6) is -0.392. The van der Waals surface area contributed by atoms with Crippen LogP contribution in [0.5, 0.6) is 0 Å². The molecule has 0 aromatic heterocycles. The molecule has 0 saturated carbocycles. The van der Waals surface area contributed by atoms with Gasteiger partial charge in [-0.3, -0.25) is 9.59 Å². The zero-order chi connectivity index (χ0) is 19.1. The highest BCUT2D eigenvalue weighted by Gasteiger charge is 2.25. The van der Waals surface area contributed by atoms with Gasteiger partial charge in [0.2, 0.25) is 5.91 Å². The number of carbonyl (C=O) groups excluding carboxylic acids is 3. The van der Waals surface area contributed by atoms with Crippen LogP contribution in [0, 0.1) is 11.3 Å². The molecule has 0 radical (unpaired) electrons. The molecule has 0 heterocycles. The SMILES string of the molecule is CC(C)C(NC(=O)CNC(=O)OC(C)(C)C)C(=O)CCC(C)(C)C. The summed E-state index contributed by atoms with van der Waals surface area (Å²) in [4.78, 5) is 35.9. The van der Waals surface area contributed by atoms with E-state index in [1.54, 1.807) is 20.8 Å². The Balaban J connectivity index is 4.48. The molecule has 1 unspecified atom stereocenters. The highest BCUT2D eigenvalue weighted by Crippen LogP contribution is 2.21. The average molecular weight is 342 g/mol. The van der Waals surface area contributed by atoms with Gasteiger partial charge in [-0.2, -0.15) is 0 Å². The Hall–Kier alpha value is -1.59. The first kappa shape index (κ1) is 22.4. The van der Waals surface area contributed by atoms with Gasteiger partial charge in [0.1, 0.15) is 12.1 Å². The molecule has 2 N–H and O–H groups in total. The second-order valence-electron chi connectivity index (χ2n) is 8.67. The molecule has 0 fully saturated rings. The van der Waals surface area contributed by atoms with Crippen LogP contribution in [0.3, 0.4) is 0 Å². The number of ether oxygens (including phenoxy) is 1. The molecular weight excluding hydrogens is 308 g/mol. The Labute approximate surface area is 146 Å². The van der Waals surface area contributed by atoms with Gasteiger partial charge < -0.3 is 15.4 Å². The lowest BCUT2D eigenvalue weighted by atomic mass is 9.87. The van der Waals surface area contributed by atoms with Gasteiger partial charge in [0.15, 0.2) is 5.78 Å². The lowest BCUT2D eigenvalue weighted by Gasteiger charge is -2.24. The van der Waals surface area contributed by atoms with E-state index in [1.807, 2.05) is 13.8 Å². The van der Waals surface area contributed by atoms with Crippen molar-refractivity contribution in [3.05, 3.63) is 0 Å². The van der Waals surface area contributed by atoms with Crippen molar-refractivity contribution in [2.24, 2.45) is 11.3 Å². The molecule has 0 aliphatic carbocycles. The Morgan fingerprint density at radius 1 is 1.00 bits per heavy atom. The van der Waals surface area contributed by atoms with Crippen LogP contribution in [0.25, 0.3) is 0 Å². The van der Waals surface area contributed by atoms with Crippen molar-refractivity contribution in [1.29, 1.82) is 0 Å². The van der Waals surface area contributed by atoms with Gasteiger partial charge in [-0.25, -0.2) is 4.79 Å². The maximum atomic E-state index is 12.4. The minimum atomic E-state index is -0.655. The third-order valence-corrected chi connectivity index (χ3v) is 3.24. The van der Waals surface area contributed by atoms with E-state index in [2.05, 4.69) is 31.4 Å². The molecule has 0 aromatic rings. The Bertz CT molecular complexity index is 445. The number of rotatable bonds is 7. The predicted molar refractivity (Wildman–Crippen MR) is 94.7 cm³/mol. The van der Waals surface area contributed by atoms with Gasteiger partial charge in [0, 0.05) is 6.42 Å². The van der Waals surface area contributed by atoms with E-state index in [-0.39, 0.29) is 23.7 Å². The van der Waals surface area contributed by atoms with E-state index in [0.29, 0.717) is 6.42 Å². The van der Waals surface area contributed by atoms with Crippen molar-refractivity contribution < 1.29 is 19.1 Å². The van der Waals surface area contributed by atoms with Gasteiger partial charge in [0.05, 0.1) is 6.04 Å². The second-order valence-corrected chi connectivity index (χ2v) is 8.67. The molecule has 2 amide bonds. The summed E-state index contributed by atoms with van der Waals surface area (Å²) in [5.41, 5.74) is -0.552. The summed E-state index contributed by atoms with van der Waals surface area (Å²) in [7, 11) is 0. The van der Waals surface area contributed by atoms with Gasteiger partial charge in [0.25, 0.3) is 0 Å². The number of hydrogen-bond acceptors (Lipinski definition) is 4. The normalized spacial score (nSPS) is 13.4. The molecule has 6 nitrogen and oxygen atoms in total. The number of ketones is 1. The molecule has 140 valence electrons. The van der Waals surface area contributed by atoms with E-state index >= 15 is 0 Å². The molecule has 0 aliphatic rings. The van der Waals surface area contributed by atoms with Crippen molar-refractivity contribution in [2.75, 3.05) is 6.54 Å². The first-order chi connectivity index (χ1) is 10.7. The largest absolute Gasteiger partial charge is 0.444 e. The average Bonchev–Trinajstić information content (AvgIpc) is 2.36. The van der Waals surface area contributed by atoms with E-state index in [9.17, 15) is 14.4 Å². The summed E-state index contributed by atoms with van der Waals surface area (Å²) >= 11 is 0. The third-order valence-electron chi connectivity index (χ3n) is 3.24. The summed E-state index contributed by atoms with van der Waals surface area (Å²) in [6.45, 7) is 15.0. The van der Waals surface area contributed by atoms with E-state index < -0.39 is 23.6 Å². The molecule has 0 spiro atoms. The van der Waals surface area contributed by atoms with Crippen LogP contribution < -0.4 is 10.6 Å². The summed E-state index contributed by atoms with van der Waals surface area (Å²) in [5, 5.41) is 5.11. The summed E-state index contributed by atoms with van der Waals surface area (Å²) in [6.07, 6.45) is 0.533. The Morgan fingerprint density at radius 3 is 1.96 bits per heavy atom. The van der Waals surface area contributed by atoms with E-state index in [4.69, 9.17) is 4.74 Å².